The number of halogens is 1. The maximum atomic E-state index is 9.29. The maximum absolute atomic E-state index is 9.29. The molecule has 0 radical (unpaired) electrons. The largest absolute Gasteiger partial charge is 0.491 e. The average molecular weight is 330 g/mol. The molecule has 1 aromatic heterocycles. The Morgan fingerprint density at radius 2 is 1.78 bits per heavy atom. The van der Waals surface area contributed by atoms with Crippen LogP contribution in [-0.2, 0) is 0 Å². The van der Waals surface area contributed by atoms with Crippen molar-refractivity contribution in [2.75, 3.05) is 0 Å². The van der Waals surface area contributed by atoms with Crippen LogP contribution in [0.4, 0.5) is 0 Å². The number of nitrogens with zero attached hydrogens (tertiary/aromatic N) is 1. The molecule has 0 aliphatic heterocycles. The molecule has 118 valence electrons. The van der Waals surface area contributed by atoms with Crippen LogP contribution in [0.2, 0.25) is 5.02 Å². The molecular weight excluding hydrogens is 312 g/mol. The smallest absolute Gasteiger partial charge is 0.488 e. The lowest BCUT2D eigenvalue weighted by molar-refractivity contribution is 0.242. The van der Waals surface area contributed by atoms with E-state index in [2.05, 4.69) is 0 Å². The van der Waals surface area contributed by atoms with E-state index in [-0.39, 0.29) is 6.10 Å². The Hall–Kier alpha value is -1.95. The summed E-state index contributed by atoms with van der Waals surface area (Å²) >= 11 is 6.30. The molecule has 6 heteroatoms. The minimum atomic E-state index is -1.51. The fourth-order valence-electron chi connectivity index (χ4n) is 2.54. The molecule has 3 rings (SSSR count). The van der Waals surface area contributed by atoms with Crippen LogP contribution in [0.15, 0.2) is 48.7 Å². The normalized spacial score (nSPS) is 11.2. The van der Waals surface area contributed by atoms with Crippen LogP contribution < -0.4 is 10.2 Å². The summed E-state index contributed by atoms with van der Waals surface area (Å²) in [7, 11) is -1.51. The van der Waals surface area contributed by atoms with E-state index in [0.29, 0.717) is 10.5 Å². The minimum Gasteiger partial charge on any atom is -0.491 e. The highest BCUT2D eigenvalue weighted by molar-refractivity contribution is 6.59. The zero-order valence-electron chi connectivity index (χ0n) is 12.9. The maximum Gasteiger partial charge on any atom is 0.488 e. The zero-order valence-corrected chi connectivity index (χ0v) is 13.7. The van der Waals surface area contributed by atoms with Gasteiger partial charge < -0.3 is 19.4 Å². The number of rotatable bonds is 4. The van der Waals surface area contributed by atoms with Gasteiger partial charge >= 0.3 is 7.12 Å². The molecule has 4 nitrogen and oxygen atoms in total. The van der Waals surface area contributed by atoms with E-state index in [1.54, 1.807) is 12.1 Å². The third-order valence-corrected chi connectivity index (χ3v) is 3.87. The van der Waals surface area contributed by atoms with Crippen molar-refractivity contribution in [2.24, 2.45) is 0 Å². The summed E-state index contributed by atoms with van der Waals surface area (Å²) in [5, 5.41) is 19.9. The second kappa shape index (κ2) is 6.28. The summed E-state index contributed by atoms with van der Waals surface area (Å²) in [6.45, 7) is 3.97. The molecule has 0 bridgehead atoms. The Morgan fingerprint density at radius 1 is 1.09 bits per heavy atom. The highest BCUT2D eigenvalue weighted by atomic mass is 35.5. The third-order valence-electron chi connectivity index (χ3n) is 3.56. The van der Waals surface area contributed by atoms with Crippen LogP contribution in [0.3, 0.4) is 0 Å². The van der Waals surface area contributed by atoms with Gasteiger partial charge in [0.2, 0.25) is 0 Å². The molecule has 0 saturated carbocycles. The monoisotopic (exact) mass is 329 g/mol. The summed E-state index contributed by atoms with van der Waals surface area (Å²) < 4.78 is 7.61. The molecule has 23 heavy (non-hydrogen) atoms. The van der Waals surface area contributed by atoms with E-state index >= 15 is 0 Å². The number of benzene rings is 2. The quantitative estimate of drug-likeness (QED) is 0.724. The van der Waals surface area contributed by atoms with Crippen molar-refractivity contribution in [3.8, 4) is 11.4 Å². The van der Waals surface area contributed by atoms with Gasteiger partial charge in [0.1, 0.15) is 5.75 Å². The number of fused-ring (bicyclic) bond motifs is 1. The SMILES string of the molecule is CC(C)Oc1ccc(-n2cc(Cl)c3cc(B(O)O)ccc32)cc1. The van der Waals surface area contributed by atoms with Crippen molar-refractivity contribution >= 4 is 35.1 Å². The van der Waals surface area contributed by atoms with Gasteiger partial charge in [0.05, 0.1) is 16.6 Å². The van der Waals surface area contributed by atoms with Gasteiger partial charge in [-0.3, -0.25) is 0 Å². The molecule has 0 aliphatic carbocycles. The molecule has 2 aromatic carbocycles. The number of hydrogen-bond donors (Lipinski definition) is 2. The summed E-state index contributed by atoms with van der Waals surface area (Å²) in [5.41, 5.74) is 2.27. The Kier molecular flexibility index (Phi) is 4.35. The van der Waals surface area contributed by atoms with Gasteiger partial charge in [-0.2, -0.15) is 0 Å². The lowest BCUT2D eigenvalue weighted by Gasteiger charge is -2.11. The van der Waals surface area contributed by atoms with Crippen molar-refractivity contribution < 1.29 is 14.8 Å². The first-order valence-corrected chi connectivity index (χ1v) is 7.77. The molecular formula is C17H17BClNO3. The number of aromatic nitrogens is 1. The first-order valence-electron chi connectivity index (χ1n) is 7.39. The number of ether oxygens (including phenoxy) is 1. The Morgan fingerprint density at radius 3 is 2.39 bits per heavy atom. The van der Waals surface area contributed by atoms with E-state index in [0.717, 1.165) is 22.3 Å². The molecule has 0 amide bonds. The van der Waals surface area contributed by atoms with Crippen LogP contribution in [0.5, 0.6) is 5.75 Å². The molecule has 2 N–H and O–H groups in total. The fourth-order valence-corrected chi connectivity index (χ4v) is 2.79. The first-order chi connectivity index (χ1) is 11.0. The second-order valence-electron chi connectivity index (χ2n) is 5.66. The van der Waals surface area contributed by atoms with E-state index in [9.17, 15) is 10.0 Å². The van der Waals surface area contributed by atoms with Crippen molar-refractivity contribution in [3.63, 3.8) is 0 Å². The van der Waals surface area contributed by atoms with Crippen LogP contribution >= 0.6 is 11.6 Å². The lowest BCUT2D eigenvalue weighted by Crippen LogP contribution is -2.29. The van der Waals surface area contributed by atoms with Gasteiger partial charge in [-0.25, -0.2) is 0 Å². The Labute approximate surface area is 140 Å². The van der Waals surface area contributed by atoms with Gasteiger partial charge in [0.15, 0.2) is 0 Å². The molecule has 0 atom stereocenters. The number of hydrogen-bond acceptors (Lipinski definition) is 3. The van der Waals surface area contributed by atoms with Crippen LogP contribution in [-0.4, -0.2) is 27.8 Å². The zero-order chi connectivity index (χ0) is 16.6. The first kappa shape index (κ1) is 15.9. The summed E-state index contributed by atoms with van der Waals surface area (Å²) in [6, 6.07) is 13.0. The molecule has 0 fully saturated rings. The third kappa shape index (κ3) is 3.22. The lowest BCUT2D eigenvalue weighted by atomic mass is 9.80. The molecule has 1 heterocycles. The fraction of sp³-hybridized carbons (Fsp3) is 0.176. The van der Waals surface area contributed by atoms with E-state index < -0.39 is 7.12 Å². The molecule has 0 saturated heterocycles. The van der Waals surface area contributed by atoms with Crippen molar-refractivity contribution in [2.45, 2.75) is 20.0 Å². The highest BCUT2D eigenvalue weighted by Gasteiger charge is 2.15. The van der Waals surface area contributed by atoms with Crippen LogP contribution in [0, 0.1) is 0 Å². The van der Waals surface area contributed by atoms with Crippen molar-refractivity contribution in [1.82, 2.24) is 4.57 Å². The van der Waals surface area contributed by atoms with Crippen molar-refractivity contribution in [3.05, 3.63) is 53.7 Å². The molecule has 0 aliphatic rings. The predicted molar refractivity (Wildman–Crippen MR) is 93.9 cm³/mol. The second-order valence-corrected chi connectivity index (χ2v) is 6.07. The molecule has 3 aromatic rings. The topological polar surface area (TPSA) is 54.6 Å². The minimum absolute atomic E-state index is 0.131. The highest BCUT2D eigenvalue weighted by Crippen LogP contribution is 2.28. The van der Waals surface area contributed by atoms with E-state index in [1.807, 2.05) is 54.9 Å². The van der Waals surface area contributed by atoms with Gasteiger partial charge in [0.25, 0.3) is 0 Å². The van der Waals surface area contributed by atoms with Gasteiger partial charge in [-0.1, -0.05) is 23.7 Å². The van der Waals surface area contributed by atoms with Crippen LogP contribution in [0.25, 0.3) is 16.6 Å². The van der Waals surface area contributed by atoms with Crippen molar-refractivity contribution in [1.29, 1.82) is 0 Å². The molecule has 0 spiro atoms. The summed E-state index contributed by atoms with van der Waals surface area (Å²) in [5.74, 6) is 0.817. The predicted octanol–water partition coefficient (Wildman–Crippen LogP) is 2.75. The molecule has 0 unspecified atom stereocenters. The standard InChI is InChI=1S/C17H17BClNO3/c1-11(2)23-14-6-4-13(5-7-14)20-10-16(19)15-9-12(18(21)22)3-8-17(15)20/h3-11,21-22H,1-2H3. The van der Waals surface area contributed by atoms with Gasteiger partial charge in [0, 0.05) is 17.3 Å². The summed E-state index contributed by atoms with van der Waals surface area (Å²) in [6.07, 6.45) is 1.95. The van der Waals surface area contributed by atoms with Crippen LogP contribution in [0.1, 0.15) is 13.8 Å². The van der Waals surface area contributed by atoms with E-state index in [1.165, 1.54) is 0 Å². The van der Waals surface area contributed by atoms with Gasteiger partial charge in [-0.15, -0.1) is 0 Å². The Bertz CT molecular complexity index is 828. The van der Waals surface area contributed by atoms with E-state index in [4.69, 9.17) is 16.3 Å². The Balaban J connectivity index is 2.03. The average Bonchev–Trinajstić information content (AvgIpc) is 2.84. The van der Waals surface area contributed by atoms with Gasteiger partial charge in [-0.05, 0) is 49.6 Å². The summed E-state index contributed by atoms with van der Waals surface area (Å²) in [4.78, 5) is 0.